The van der Waals surface area contributed by atoms with Crippen molar-refractivity contribution in [3.63, 3.8) is 0 Å². The molecule has 0 saturated carbocycles. The fraction of sp³-hybridized carbons (Fsp3) is 0.429. The number of rotatable bonds is 7. The summed E-state index contributed by atoms with van der Waals surface area (Å²) >= 11 is 0. The van der Waals surface area contributed by atoms with Gasteiger partial charge in [0.15, 0.2) is 0 Å². The Morgan fingerprint density at radius 1 is 1.16 bits per heavy atom. The van der Waals surface area contributed by atoms with Crippen LogP contribution in [0.15, 0.2) is 24.4 Å². The van der Waals surface area contributed by atoms with E-state index in [1.807, 2.05) is 26.8 Å². The highest BCUT2D eigenvalue weighted by Crippen LogP contribution is 2.39. The van der Waals surface area contributed by atoms with E-state index in [1.54, 1.807) is 18.3 Å². The van der Waals surface area contributed by atoms with Crippen molar-refractivity contribution in [2.45, 2.75) is 20.8 Å². The molecule has 1 aromatic carbocycles. The number of aromatic nitrogens is 4. The molecule has 2 aromatic heterocycles. The normalized spacial score (nSPS) is 14.0. The zero-order chi connectivity index (χ0) is 21.8. The summed E-state index contributed by atoms with van der Waals surface area (Å²) in [6, 6.07) is 5.49. The number of anilines is 2. The molecule has 0 atom stereocenters. The monoisotopic (exact) mass is 426 g/mol. The van der Waals surface area contributed by atoms with Crippen LogP contribution in [0, 0.1) is 6.92 Å². The van der Waals surface area contributed by atoms with Gasteiger partial charge in [0.2, 0.25) is 5.82 Å². The first-order valence-electron chi connectivity index (χ1n) is 10.4. The van der Waals surface area contributed by atoms with Gasteiger partial charge in [-0.25, -0.2) is 9.50 Å². The number of carbonyl (C=O) groups is 1. The summed E-state index contributed by atoms with van der Waals surface area (Å²) in [5, 5.41) is 7.14. The van der Waals surface area contributed by atoms with Gasteiger partial charge >= 0.3 is 0 Å². The predicted octanol–water partition coefficient (Wildman–Crippen LogP) is 2.32. The Morgan fingerprint density at radius 2 is 1.90 bits per heavy atom. The first kappa shape index (κ1) is 20.9. The van der Waals surface area contributed by atoms with Gasteiger partial charge < -0.3 is 24.4 Å². The lowest BCUT2D eigenvalue weighted by molar-refractivity contribution is 0.101. The van der Waals surface area contributed by atoms with E-state index >= 15 is 0 Å². The van der Waals surface area contributed by atoms with Gasteiger partial charge in [0.25, 0.3) is 11.7 Å². The lowest BCUT2D eigenvalue weighted by atomic mass is 10.2. The first-order chi connectivity index (χ1) is 15.1. The van der Waals surface area contributed by atoms with Crippen LogP contribution in [0.2, 0.25) is 0 Å². The fourth-order valence-corrected chi connectivity index (χ4v) is 3.43. The Kier molecular flexibility index (Phi) is 6.17. The molecule has 3 heterocycles. The number of benzene rings is 1. The number of aryl methyl sites for hydroxylation is 1. The molecule has 0 radical (unpaired) electrons. The number of carbonyl (C=O) groups excluding carboxylic acids is 1. The van der Waals surface area contributed by atoms with E-state index in [2.05, 4.69) is 25.3 Å². The smallest absolute Gasteiger partial charge is 0.295 e. The van der Waals surface area contributed by atoms with E-state index in [0.29, 0.717) is 49.4 Å². The summed E-state index contributed by atoms with van der Waals surface area (Å²) in [5.41, 5.74) is 2.24. The molecule has 0 spiro atoms. The average molecular weight is 426 g/mol. The molecule has 1 aliphatic heterocycles. The minimum Gasteiger partial charge on any atom is -0.492 e. The largest absolute Gasteiger partial charge is 0.492 e. The van der Waals surface area contributed by atoms with Crippen molar-refractivity contribution in [2.75, 3.05) is 49.7 Å². The van der Waals surface area contributed by atoms with Gasteiger partial charge in [-0.2, -0.15) is 4.98 Å². The molecule has 1 aliphatic rings. The Bertz CT molecular complexity index is 1080. The maximum absolute atomic E-state index is 12.9. The molecular weight excluding hydrogens is 400 g/mol. The van der Waals surface area contributed by atoms with E-state index in [9.17, 15) is 4.79 Å². The number of hydrogen-bond donors (Lipinski definition) is 1. The van der Waals surface area contributed by atoms with Crippen molar-refractivity contribution in [3.8, 4) is 11.5 Å². The van der Waals surface area contributed by atoms with Crippen molar-refractivity contribution in [1.29, 1.82) is 0 Å². The van der Waals surface area contributed by atoms with E-state index in [-0.39, 0.29) is 5.82 Å². The zero-order valence-corrected chi connectivity index (χ0v) is 17.9. The first-order valence-corrected chi connectivity index (χ1v) is 10.4. The summed E-state index contributed by atoms with van der Waals surface area (Å²) < 4.78 is 18.7. The molecule has 1 amide bonds. The number of fused-ring (bicyclic) bond motifs is 1. The van der Waals surface area contributed by atoms with Crippen LogP contribution >= 0.6 is 0 Å². The lowest BCUT2D eigenvalue weighted by Gasteiger charge is -2.31. The Morgan fingerprint density at radius 3 is 2.61 bits per heavy atom. The minimum absolute atomic E-state index is 0.0273. The molecule has 31 heavy (non-hydrogen) atoms. The van der Waals surface area contributed by atoms with Crippen molar-refractivity contribution < 1.29 is 19.0 Å². The maximum atomic E-state index is 12.9. The summed E-state index contributed by atoms with van der Waals surface area (Å²) in [6.07, 6.45) is 1.63. The van der Waals surface area contributed by atoms with Crippen LogP contribution in [0.5, 0.6) is 11.5 Å². The average Bonchev–Trinajstić information content (AvgIpc) is 3.22. The van der Waals surface area contributed by atoms with Gasteiger partial charge in [0, 0.05) is 37.1 Å². The second-order valence-corrected chi connectivity index (χ2v) is 6.97. The molecular formula is C21H26N6O4. The number of amides is 1. The second kappa shape index (κ2) is 9.17. The summed E-state index contributed by atoms with van der Waals surface area (Å²) in [4.78, 5) is 23.5. The van der Waals surface area contributed by atoms with Crippen LogP contribution in [-0.2, 0) is 4.74 Å². The number of nitrogens with one attached hydrogen (secondary N) is 1. The number of hydrogen-bond acceptors (Lipinski definition) is 8. The van der Waals surface area contributed by atoms with Gasteiger partial charge in [-0.3, -0.25) is 4.79 Å². The van der Waals surface area contributed by atoms with Crippen molar-refractivity contribution in [2.24, 2.45) is 0 Å². The van der Waals surface area contributed by atoms with Crippen molar-refractivity contribution in [3.05, 3.63) is 35.9 Å². The molecule has 0 unspecified atom stereocenters. The minimum atomic E-state index is -0.451. The topological polar surface area (TPSA) is 103 Å². The predicted molar refractivity (Wildman–Crippen MR) is 115 cm³/mol. The third-order valence-electron chi connectivity index (χ3n) is 4.89. The second-order valence-electron chi connectivity index (χ2n) is 6.97. The van der Waals surface area contributed by atoms with Crippen molar-refractivity contribution in [1.82, 2.24) is 19.6 Å². The Hall–Kier alpha value is -3.40. The number of morpholine rings is 1. The SMILES string of the molecule is CCOc1cc(N2CCOCC2)c(OCC)cc1NC(=O)c1nc2nccc(C)n2n1. The van der Waals surface area contributed by atoms with Gasteiger partial charge in [0.05, 0.1) is 37.8 Å². The van der Waals surface area contributed by atoms with Gasteiger partial charge in [-0.05, 0) is 26.8 Å². The van der Waals surface area contributed by atoms with E-state index in [0.717, 1.165) is 24.5 Å². The number of nitrogens with zero attached hydrogens (tertiary/aromatic N) is 5. The molecule has 0 bridgehead atoms. The molecule has 164 valence electrons. The lowest BCUT2D eigenvalue weighted by Crippen LogP contribution is -2.36. The van der Waals surface area contributed by atoms with Crippen LogP contribution in [0.25, 0.3) is 5.78 Å². The van der Waals surface area contributed by atoms with Gasteiger partial charge in [-0.1, -0.05) is 0 Å². The third-order valence-corrected chi connectivity index (χ3v) is 4.89. The van der Waals surface area contributed by atoms with Crippen LogP contribution in [0.3, 0.4) is 0 Å². The highest BCUT2D eigenvalue weighted by molar-refractivity contribution is 6.03. The molecule has 10 nitrogen and oxygen atoms in total. The molecule has 1 saturated heterocycles. The van der Waals surface area contributed by atoms with Crippen LogP contribution in [0.4, 0.5) is 11.4 Å². The Labute approximate surface area is 180 Å². The highest BCUT2D eigenvalue weighted by atomic mass is 16.5. The summed E-state index contributed by atoms with van der Waals surface area (Å²) in [7, 11) is 0. The highest BCUT2D eigenvalue weighted by Gasteiger charge is 2.22. The van der Waals surface area contributed by atoms with Crippen LogP contribution < -0.4 is 19.7 Å². The molecule has 3 aromatic rings. The zero-order valence-electron chi connectivity index (χ0n) is 17.9. The molecule has 1 fully saturated rings. The van der Waals surface area contributed by atoms with E-state index in [1.165, 1.54) is 4.52 Å². The van der Waals surface area contributed by atoms with Crippen LogP contribution in [0.1, 0.15) is 30.2 Å². The van der Waals surface area contributed by atoms with Crippen molar-refractivity contribution >= 4 is 23.1 Å². The van der Waals surface area contributed by atoms with Gasteiger partial charge in [-0.15, -0.1) is 5.10 Å². The molecule has 1 N–H and O–H groups in total. The quantitative estimate of drug-likeness (QED) is 0.614. The van der Waals surface area contributed by atoms with Crippen LogP contribution in [-0.4, -0.2) is 65.0 Å². The molecule has 10 heteroatoms. The molecule has 0 aliphatic carbocycles. The number of ether oxygens (including phenoxy) is 3. The van der Waals surface area contributed by atoms with Gasteiger partial charge in [0.1, 0.15) is 11.5 Å². The third kappa shape index (κ3) is 4.38. The maximum Gasteiger partial charge on any atom is 0.295 e. The fourth-order valence-electron chi connectivity index (χ4n) is 3.43. The standard InChI is InChI=1S/C21H26N6O4/c1-4-30-17-13-16(26-8-10-29-11-9-26)18(31-5-2)12-15(17)23-20(28)19-24-21-22-7-6-14(3)27(21)25-19/h6-7,12-13H,4-5,8-11H2,1-3H3,(H,23,28). The Balaban J connectivity index is 1.67. The van der Waals surface area contributed by atoms with E-state index in [4.69, 9.17) is 14.2 Å². The summed E-state index contributed by atoms with van der Waals surface area (Å²) in [5.74, 6) is 1.17. The molecule has 4 rings (SSSR count). The van der Waals surface area contributed by atoms with E-state index < -0.39 is 5.91 Å². The summed E-state index contributed by atoms with van der Waals surface area (Å²) in [6.45, 7) is 9.47.